The highest BCUT2D eigenvalue weighted by molar-refractivity contribution is 7.99. The van der Waals surface area contributed by atoms with Gasteiger partial charge in [-0.3, -0.25) is 4.68 Å². The highest BCUT2D eigenvalue weighted by Crippen LogP contribution is 2.26. The molecule has 1 aromatic carbocycles. The summed E-state index contributed by atoms with van der Waals surface area (Å²) in [5, 5.41) is 4.56. The topological polar surface area (TPSA) is 43.8 Å². The van der Waals surface area contributed by atoms with Crippen molar-refractivity contribution >= 4 is 11.8 Å². The van der Waals surface area contributed by atoms with Gasteiger partial charge in [-0.15, -0.1) is 11.8 Å². The molecule has 4 heteroatoms. The fourth-order valence-electron chi connectivity index (χ4n) is 2.10. The van der Waals surface area contributed by atoms with Gasteiger partial charge >= 0.3 is 0 Å². The first kappa shape index (κ1) is 13.2. The molecule has 0 amide bonds. The quantitative estimate of drug-likeness (QED) is 0.861. The maximum atomic E-state index is 5.74. The van der Waals surface area contributed by atoms with Gasteiger partial charge < -0.3 is 5.73 Å². The number of hydrogen-bond acceptors (Lipinski definition) is 3. The SMILES string of the molecule is CCSc1ccc(-c2nn(C)c(CN)c2C)cc1. The van der Waals surface area contributed by atoms with Crippen molar-refractivity contribution in [2.75, 3.05) is 5.75 Å². The average Bonchev–Trinajstić information content (AvgIpc) is 2.66. The zero-order valence-electron chi connectivity index (χ0n) is 11.1. The number of aryl methyl sites for hydroxylation is 1. The molecule has 3 nitrogen and oxygen atoms in total. The molecule has 0 bridgehead atoms. The highest BCUT2D eigenvalue weighted by atomic mass is 32.2. The molecule has 0 aliphatic carbocycles. The van der Waals surface area contributed by atoms with Crippen LogP contribution < -0.4 is 5.73 Å². The molecule has 1 aromatic heterocycles. The van der Waals surface area contributed by atoms with E-state index >= 15 is 0 Å². The molecular weight excluding hydrogens is 242 g/mol. The number of rotatable bonds is 4. The number of hydrogen-bond donors (Lipinski definition) is 1. The number of benzene rings is 1. The standard InChI is InChI=1S/C14H19N3S/c1-4-18-12-7-5-11(6-8-12)14-10(2)13(9-15)17(3)16-14/h5-8H,4,9,15H2,1-3H3. The fourth-order valence-corrected chi connectivity index (χ4v) is 2.76. The third-order valence-corrected chi connectivity index (χ3v) is 3.95. The largest absolute Gasteiger partial charge is 0.325 e. The Labute approximate surface area is 112 Å². The van der Waals surface area contributed by atoms with Gasteiger partial charge in [0, 0.05) is 24.1 Å². The van der Waals surface area contributed by atoms with Gasteiger partial charge in [-0.1, -0.05) is 19.1 Å². The summed E-state index contributed by atoms with van der Waals surface area (Å²) in [5.74, 6) is 1.10. The summed E-state index contributed by atoms with van der Waals surface area (Å²) in [4.78, 5) is 1.30. The van der Waals surface area contributed by atoms with E-state index in [9.17, 15) is 0 Å². The molecule has 0 spiro atoms. The minimum absolute atomic E-state index is 0.527. The summed E-state index contributed by atoms with van der Waals surface area (Å²) < 4.78 is 1.87. The third kappa shape index (κ3) is 2.44. The van der Waals surface area contributed by atoms with E-state index in [-0.39, 0.29) is 0 Å². The number of nitrogens with two attached hydrogens (primary N) is 1. The number of aromatic nitrogens is 2. The lowest BCUT2D eigenvalue weighted by Gasteiger charge is -2.02. The molecule has 0 fully saturated rings. The summed E-state index contributed by atoms with van der Waals surface area (Å²) in [6.45, 7) is 4.77. The van der Waals surface area contributed by atoms with Crippen molar-refractivity contribution < 1.29 is 0 Å². The van der Waals surface area contributed by atoms with E-state index < -0.39 is 0 Å². The van der Waals surface area contributed by atoms with Crippen LogP contribution in [0.1, 0.15) is 18.2 Å². The Morgan fingerprint density at radius 2 is 1.94 bits per heavy atom. The van der Waals surface area contributed by atoms with Crippen LogP contribution in [-0.4, -0.2) is 15.5 Å². The molecular formula is C14H19N3S. The Bertz CT molecular complexity index is 529. The smallest absolute Gasteiger partial charge is 0.0955 e. The van der Waals surface area contributed by atoms with E-state index in [1.807, 2.05) is 23.5 Å². The molecule has 0 aliphatic heterocycles. The Morgan fingerprint density at radius 1 is 1.28 bits per heavy atom. The lowest BCUT2D eigenvalue weighted by molar-refractivity contribution is 0.712. The summed E-state index contributed by atoms with van der Waals surface area (Å²) in [5.41, 5.74) is 10.2. The second-order valence-corrected chi connectivity index (χ2v) is 5.54. The van der Waals surface area contributed by atoms with Crippen molar-refractivity contribution in [2.45, 2.75) is 25.3 Å². The lowest BCUT2D eigenvalue weighted by Crippen LogP contribution is -2.05. The molecule has 18 heavy (non-hydrogen) atoms. The number of thioether (sulfide) groups is 1. The molecule has 0 unspecified atom stereocenters. The van der Waals surface area contributed by atoms with Crippen molar-refractivity contribution in [2.24, 2.45) is 12.8 Å². The van der Waals surface area contributed by atoms with Crippen LogP contribution in [0.3, 0.4) is 0 Å². The van der Waals surface area contributed by atoms with Gasteiger partial charge in [-0.05, 0) is 30.4 Å². The Balaban J connectivity index is 2.36. The van der Waals surface area contributed by atoms with Crippen molar-refractivity contribution in [1.29, 1.82) is 0 Å². The zero-order chi connectivity index (χ0) is 13.1. The fraction of sp³-hybridized carbons (Fsp3) is 0.357. The molecule has 0 saturated carbocycles. The van der Waals surface area contributed by atoms with Crippen LogP contribution >= 0.6 is 11.8 Å². The normalized spacial score (nSPS) is 10.9. The predicted molar refractivity (Wildman–Crippen MR) is 77.7 cm³/mol. The van der Waals surface area contributed by atoms with Gasteiger partial charge in [-0.25, -0.2) is 0 Å². The Hall–Kier alpha value is -1.26. The van der Waals surface area contributed by atoms with E-state index in [0.717, 1.165) is 22.7 Å². The Kier molecular flexibility index (Phi) is 4.09. The van der Waals surface area contributed by atoms with Gasteiger partial charge in [0.05, 0.1) is 11.4 Å². The average molecular weight is 261 g/mol. The van der Waals surface area contributed by atoms with Crippen molar-refractivity contribution in [1.82, 2.24) is 9.78 Å². The molecule has 2 rings (SSSR count). The molecule has 0 aliphatic rings. The van der Waals surface area contributed by atoms with Crippen molar-refractivity contribution in [3.8, 4) is 11.3 Å². The maximum Gasteiger partial charge on any atom is 0.0955 e. The van der Waals surface area contributed by atoms with Gasteiger partial charge in [0.15, 0.2) is 0 Å². The van der Waals surface area contributed by atoms with Crippen molar-refractivity contribution in [3.63, 3.8) is 0 Å². The van der Waals surface area contributed by atoms with Gasteiger partial charge in [0.2, 0.25) is 0 Å². The second-order valence-electron chi connectivity index (χ2n) is 4.21. The van der Waals surface area contributed by atoms with Gasteiger partial charge in [-0.2, -0.15) is 5.10 Å². The maximum absolute atomic E-state index is 5.74. The first-order valence-electron chi connectivity index (χ1n) is 6.13. The van der Waals surface area contributed by atoms with E-state index in [0.29, 0.717) is 6.54 Å². The molecule has 2 aromatic rings. The molecule has 2 N–H and O–H groups in total. The zero-order valence-corrected chi connectivity index (χ0v) is 11.9. The molecule has 0 radical (unpaired) electrons. The molecule has 1 heterocycles. The van der Waals surface area contributed by atoms with Crippen LogP contribution in [-0.2, 0) is 13.6 Å². The van der Waals surface area contributed by atoms with Crippen LogP contribution in [0.4, 0.5) is 0 Å². The van der Waals surface area contributed by atoms with Gasteiger partial charge in [0.1, 0.15) is 0 Å². The van der Waals surface area contributed by atoms with Crippen LogP contribution in [0.15, 0.2) is 29.2 Å². The van der Waals surface area contributed by atoms with Crippen LogP contribution in [0, 0.1) is 6.92 Å². The van der Waals surface area contributed by atoms with E-state index in [2.05, 4.69) is 43.2 Å². The Morgan fingerprint density at radius 3 is 2.44 bits per heavy atom. The predicted octanol–water partition coefficient (Wildman–Crippen LogP) is 2.97. The first-order chi connectivity index (χ1) is 8.67. The second kappa shape index (κ2) is 5.59. The van der Waals surface area contributed by atoms with Gasteiger partial charge in [0.25, 0.3) is 0 Å². The van der Waals surface area contributed by atoms with Crippen molar-refractivity contribution in [3.05, 3.63) is 35.5 Å². The van der Waals surface area contributed by atoms with E-state index in [4.69, 9.17) is 5.73 Å². The van der Waals surface area contributed by atoms with E-state index in [1.54, 1.807) is 0 Å². The summed E-state index contributed by atoms with van der Waals surface area (Å²) in [7, 11) is 1.94. The lowest BCUT2D eigenvalue weighted by atomic mass is 10.1. The summed E-state index contributed by atoms with van der Waals surface area (Å²) in [6.07, 6.45) is 0. The highest BCUT2D eigenvalue weighted by Gasteiger charge is 2.12. The minimum atomic E-state index is 0.527. The third-order valence-electron chi connectivity index (χ3n) is 3.06. The monoisotopic (exact) mass is 261 g/mol. The molecule has 96 valence electrons. The van der Waals surface area contributed by atoms with E-state index in [1.165, 1.54) is 10.5 Å². The van der Waals surface area contributed by atoms with Crippen LogP contribution in [0.25, 0.3) is 11.3 Å². The van der Waals surface area contributed by atoms with Crippen LogP contribution in [0.5, 0.6) is 0 Å². The summed E-state index contributed by atoms with van der Waals surface area (Å²) >= 11 is 1.85. The summed E-state index contributed by atoms with van der Waals surface area (Å²) in [6, 6.07) is 8.57. The molecule has 0 atom stereocenters. The minimum Gasteiger partial charge on any atom is -0.325 e. The molecule has 0 saturated heterocycles. The van der Waals surface area contributed by atoms with Crippen LogP contribution in [0.2, 0.25) is 0 Å². The number of nitrogens with zero attached hydrogens (tertiary/aromatic N) is 2. The first-order valence-corrected chi connectivity index (χ1v) is 7.11.